The summed E-state index contributed by atoms with van der Waals surface area (Å²) in [6, 6.07) is 18.5. The lowest BCUT2D eigenvalue weighted by Gasteiger charge is -2.30. The molecule has 2 heterocycles. The predicted molar refractivity (Wildman–Crippen MR) is 119 cm³/mol. The van der Waals surface area contributed by atoms with E-state index >= 15 is 0 Å². The topological polar surface area (TPSA) is 45.2 Å². The molecule has 29 heavy (non-hydrogen) atoms. The van der Waals surface area contributed by atoms with E-state index in [4.69, 9.17) is 0 Å². The molecule has 1 amide bonds. The summed E-state index contributed by atoms with van der Waals surface area (Å²) >= 11 is 0. The first-order valence-electron chi connectivity index (χ1n) is 10.1. The van der Waals surface area contributed by atoms with E-state index < -0.39 is 0 Å². The number of anilines is 2. The maximum atomic E-state index is 13.0. The van der Waals surface area contributed by atoms with Crippen molar-refractivity contribution in [3.63, 3.8) is 0 Å². The number of hydrogen-bond donors (Lipinski definition) is 1. The lowest BCUT2D eigenvalue weighted by molar-refractivity contribution is 0.102. The number of nitrogens with one attached hydrogen (secondary N) is 1. The lowest BCUT2D eigenvalue weighted by atomic mass is 9.86. The molecule has 4 nitrogen and oxygen atoms in total. The maximum absolute atomic E-state index is 13.0. The molecule has 1 N–H and O–H groups in total. The smallest absolute Gasteiger partial charge is 0.257 e. The van der Waals surface area contributed by atoms with Crippen LogP contribution in [0.1, 0.15) is 47.8 Å². The van der Waals surface area contributed by atoms with Gasteiger partial charge in [-0.25, -0.2) is 0 Å². The Balaban J connectivity index is 1.55. The van der Waals surface area contributed by atoms with Crippen LogP contribution in [0.2, 0.25) is 0 Å². The standard InChI is InChI=1S/C25H27N3O/c1-25(2,3)22-10-6-7-11-23(22)27-24(29)20-14-21(16-26-15-20)28-13-12-18-8-4-5-9-19(18)17-28/h4-11,14-16H,12-13,17H2,1-3H3,(H,27,29). The van der Waals surface area contributed by atoms with Crippen LogP contribution in [0.25, 0.3) is 0 Å². The zero-order valence-electron chi connectivity index (χ0n) is 17.3. The average molecular weight is 386 g/mol. The fourth-order valence-corrected chi connectivity index (χ4v) is 3.88. The number of fused-ring (bicyclic) bond motifs is 1. The first kappa shape index (κ1) is 19.2. The molecule has 0 spiro atoms. The molecule has 0 aliphatic carbocycles. The number of carbonyl (C=O) groups is 1. The lowest BCUT2D eigenvalue weighted by Crippen LogP contribution is -2.30. The van der Waals surface area contributed by atoms with Crippen LogP contribution in [0, 0.1) is 0 Å². The van der Waals surface area contributed by atoms with Gasteiger partial charge in [-0.2, -0.15) is 0 Å². The Morgan fingerprint density at radius 2 is 1.72 bits per heavy atom. The van der Waals surface area contributed by atoms with E-state index in [0.29, 0.717) is 5.56 Å². The van der Waals surface area contributed by atoms with E-state index in [2.05, 4.69) is 66.3 Å². The van der Waals surface area contributed by atoms with Crippen molar-refractivity contribution in [1.29, 1.82) is 0 Å². The van der Waals surface area contributed by atoms with Gasteiger partial charge in [-0.3, -0.25) is 9.78 Å². The summed E-state index contributed by atoms with van der Waals surface area (Å²) in [6.45, 7) is 8.21. The Bertz CT molecular complexity index is 1040. The van der Waals surface area contributed by atoms with Crippen LogP contribution in [0.4, 0.5) is 11.4 Å². The maximum Gasteiger partial charge on any atom is 0.257 e. The Morgan fingerprint density at radius 1 is 1.00 bits per heavy atom. The summed E-state index contributed by atoms with van der Waals surface area (Å²) in [7, 11) is 0. The van der Waals surface area contributed by atoms with Crippen molar-refractivity contribution in [1.82, 2.24) is 4.98 Å². The van der Waals surface area contributed by atoms with Gasteiger partial charge in [0.05, 0.1) is 17.4 Å². The fourth-order valence-electron chi connectivity index (χ4n) is 3.88. The van der Waals surface area contributed by atoms with Crippen molar-refractivity contribution in [2.75, 3.05) is 16.8 Å². The van der Waals surface area contributed by atoms with Gasteiger partial charge in [0.2, 0.25) is 0 Å². The Morgan fingerprint density at radius 3 is 2.52 bits per heavy atom. The van der Waals surface area contributed by atoms with Crippen LogP contribution in [0.3, 0.4) is 0 Å². The molecule has 0 saturated carbocycles. The number of hydrogen-bond acceptors (Lipinski definition) is 3. The summed E-state index contributed by atoms with van der Waals surface area (Å²) in [5.41, 5.74) is 6.22. The first-order chi connectivity index (χ1) is 13.9. The highest BCUT2D eigenvalue weighted by Gasteiger charge is 2.20. The van der Waals surface area contributed by atoms with Crippen LogP contribution in [-0.2, 0) is 18.4 Å². The Labute approximate surface area is 172 Å². The molecular formula is C25H27N3O. The third-order valence-electron chi connectivity index (χ3n) is 5.47. The van der Waals surface area contributed by atoms with Gasteiger partial charge in [0.15, 0.2) is 0 Å². The molecule has 3 aromatic rings. The molecule has 2 aromatic carbocycles. The predicted octanol–water partition coefficient (Wildman–Crippen LogP) is 5.19. The summed E-state index contributed by atoms with van der Waals surface area (Å²) in [4.78, 5) is 19.6. The summed E-state index contributed by atoms with van der Waals surface area (Å²) in [5, 5.41) is 3.08. The minimum Gasteiger partial charge on any atom is -0.366 e. The van der Waals surface area contributed by atoms with Gasteiger partial charge < -0.3 is 10.2 Å². The molecule has 4 heteroatoms. The minimum atomic E-state index is -0.131. The van der Waals surface area contributed by atoms with Crippen molar-refractivity contribution >= 4 is 17.3 Å². The van der Waals surface area contributed by atoms with Gasteiger partial charge in [-0.1, -0.05) is 63.2 Å². The van der Waals surface area contributed by atoms with E-state index in [1.807, 2.05) is 30.5 Å². The van der Waals surface area contributed by atoms with Gasteiger partial charge in [0.1, 0.15) is 0 Å². The Kier molecular flexibility index (Phi) is 5.10. The van der Waals surface area contributed by atoms with Crippen molar-refractivity contribution < 1.29 is 4.79 Å². The number of amides is 1. The van der Waals surface area contributed by atoms with E-state index in [1.54, 1.807) is 6.20 Å². The molecule has 0 radical (unpaired) electrons. The molecule has 1 aromatic heterocycles. The van der Waals surface area contributed by atoms with Gasteiger partial charge in [-0.05, 0) is 40.7 Å². The zero-order chi connectivity index (χ0) is 20.4. The number of rotatable bonds is 3. The largest absolute Gasteiger partial charge is 0.366 e. The second-order valence-electron chi connectivity index (χ2n) is 8.62. The van der Waals surface area contributed by atoms with Crippen molar-refractivity contribution in [3.8, 4) is 0 Å². The third-order valence-corrected chi connectivity index (χ3v) is 5.47. The highest BCUT2D eigenvalue weighted by Crippen LogP contribution is 2.30. The molecule has 4 rings (SSSR count). The van der Waals surface area contributed by atoms with Gasteiger partial charge in [0, 0.05) is 25.0 Å². The number of pyridine rings is 1. The number of benzene rings is 2. The number of aromatic nitrogens is 1. The molecule has 1 aliphatic rings. The van der Waals surface area contributed by atoms with E-state index in [1.165, 1.54) is 11.1 Å². The van der Waals surface area contributed by atoms with Crippen LogP contribution >= 0.6 is 0 Å². The fraction of sp³-hybridized carbons (Fsp3) is 0.280. The minimum absolute atomic E-state index is 0.0504. The SMILES string of the molecule is CC(C)(C)c1ccccc1NC(=O)c1cncc(N2CCc3ccccc3C2)c1. The van der Waals surface area contributed by atoms with Gasteiger partial charge in [-0.15, -0.1) is 0 Å². The molecule has 0 atom stereocenters. The quantitative estimate of drug-likeness (QED) is 0.674. The average Bonchev–Trinajstić information content (AvgIpc) is 2.73. The van der Waals surface area contributed by atoms with Gasteiger partial charge in [0.25, 0.3) is 5.91 Å². The van der Waals surface area contributed by atoms with Crippen molar-refractivity contribution in [2.24, 2.45) is 0 Å². The first-order valence-corrected chi connectivity index (χ1v) is 10.1. The second-order valence-corrected chi connectivity index (χ2v) is 8.62. The normalized spacial score (nSPS) is 13.7. The summed E-state index contributed by atoms with van der Waals surface area (Å²) in [5.74, 6) is -0.131. The van der Waals surface area contributed by atoms with Crippen LogP contribution in [0.5, 0.6) is 0 Å². The second kappa shape index (κ2) is 7.70. The monoisotopic (exact) mass is 385 g/mol. The number of carbonyl (C=O) groups excluding carboxylic acids is 1. The third kappa shape index (κ3) is 4.16. The van der Waals surface area contributed by atoms with E-state index in [9.17, 15) is 4.79 Å². The molecule has 148 valence electrons. The molecule has 0 saturated heterocycles. The van der Waals surface area contributed by atoms with Crippen LogP contribution in [-0.4, -0.2) is 17.4 Å². The van der Waals surface area contributed by atoms with Crippen molar-refractivity contribution in [2.45, 2.75) is 39.2 Å². The van der Waals surface area contributed by atoms with E-state index in [-0.39, 0.29) is 11.3 Å². The van der Waals surface area contributed by atoms with Crippen LogP contribution < -0.4 is 10.2 Å². The zero-order valence-corrected chi connectivity index (χ0v) is 17.3. The highest BCUT2D eigenvalue weighted by atomic mass is 16.1. The van der Waals surface area contributed by atoms with E-state index in [0.717, 1.165) is 36.4 Å². The molecule has 0 fully saturated rings. The number of nitrogens with zero attached hydrogens (tertiary/aromatic N) is 2. The number of para-hydroxylation sites is 1. The summed E-state index contributed by atoms with van der Waals surface area (Å²) < 4.78 is 0. The van der Waals surface area contributed by atoms with Crippen LogP contribution in [0.15, 0.2) is 67.0 Å². The Hall–Kier alpha value is -3.14. The molecule has 0 bridgehead atoms. The highest BCUT2D eigenvalue weighted by molar-refractivity contribution is 6.05. The molecule has 1 aliphatic heterocycles. The molecule has 0 unspecified atom stereocenters. The molecular weight excluding hydrogens is 358 g/mol. The van der Waals surface area contributed by atoms with Crippen molar-refractivity contribution in [3.05, 3.63) is 89.2 Å². The summed E-state index contributed by atoms with van der Waals surface area (Å²) in [6.07, 6.45) is 4.48. The van der Waals surface area contributed by atoms with Gasteiger partial charge >= 0.3 is 0 Å².